The van der Waals surface area contributed by atoms with Gasteiger partial charge in [0.1, 0.15) is 5.60 Å². The van der Waals surface area contributed by atoms with Crippen molar-refractivity contribution in [1.29, 1.82) is 0 Å². The summed E-state index contributed by atoms with van der Waals surface area (Å²) in [6, 6.07) is 5.26. The van der Waals surface area contributed by atoms with Gasteiger partial charge in [0.15, 0.2) is 5.78 Å². The summed E-state index contributed by atoms with van der Waals surface area (Å²) in [6.07, 6.45) is 1.36. The smallest absolute Gasteiger partial charge is 0.169 e. The first kappa shape index (κ1) is 15.8. The largest absolute Gasteiger partial charge is 0.381 e. The number of hydrogen-bond acceptors (Lipinski definition) is 3. The summed E-state index contributed by atoms with van der Waals surface area (Å²) in [7, 11) is 0. The Morgan fingerprint density at radius 3 is 2.45 bits per heavy atom. The van der Waals surface area contributed by atoms with Crippen molar-refractivity contribution in [3.8, 4) is 0 Å². The summed E-state index contributed by atoms with van der Waals surface area (Å²) in [5.74, 6) is 0.0256. The Labute approximate surface area is 129 Å². The van der Waals surface area contributed by atoms with Crippen LogP contribution in [-0.4, -0.2) is 31.2 Å². The highest BCUT2D eigenvalue weighted by Crippen LogP contribution is 2.31. The normalized spacial score (nSPS) is 17.9. The highest BCUT2D eigenvalue weighted by Gasteiger charge is 2.40. The average molecular weight is 317 g/mol. The lowest BCUT2D eigenvalue weighted by molar-refractivity contribution is -0.156. The van der Waals surface area contributed by atoms with Crippen molar-refractivity contribution >= 4 is 29.0 Å². The molecule has 1 aliphatic rings. The standard InChI is InChI=1S/C15H18Cl2O3/c1-2-20-15(6-8-19-9-7-15)14(18)10-11-12(16)4-3-5-13(11)17/h3-5H,2,6-10H2,1H3. The van der Waals surface area contributed by atoms with Gasteiger partial charge in [0.2, 0.25) is 0 Å². The molecular weight excluding hydrogens is 299 g/mol. The second-order valence-corrected chi connectivity index (χ2v) is 5.65. The molecule has 1 fully saturated rings. The fraction of sp³-hybridized carbons (Fsp3) is 0.533. The second kappa shape index (κ2) is 6.90. The van der Waals surface area contributed by atoms with E-state index >= 15 is 0 Å². The van der Waals surface area contributed by atoms with Gasteiger partial charge in [-0.1, -0.05) is 29.3 Å². The molecule has 1 heterocycles. The zero-order valence-electron chi connectivity index (χ0n) is 11.5. The summed E-state index contributed by atoms with van der Waals surface area (Å²) < 4.78 is 11.1. The zero-order chi connectivity index (χ0) is 14.6. The number of ketones is 1. The van der Waals surface area contributed by atoms with Crippen molar-refractivity contribution in [1.82, 2.24) is 0 Å². The van der Waals surface area contributed by atoms with E-state index in [0.29, 0.717) is 48.3 Å². The molecule has 0 radical (unpaired) electrons. The Morgan fingerprint density at radius 2 is 1.90 bits per heavy atom. The minimum absolute atomic E-state index is 0.0256. The third-order valence-electron chi connectivity index (χ3n) is 3.63. The molecule has 0 amide bonds. The first-order valence-electron chi connectivity index (χ1n) is 6.77. The van der Waals surface area contributed by atoms with Crippen LogP contribution >= 0.6 is 23.2 Å². The molecule has 3 nitrogen and oxygen atoms in total. The van der Waals surface area contributed by atoms with E-state index in [1.165, 1.54) is 0 Å². The van der Waals surface area contributed by atoms with Gasteiger partial charge in [-0.25, -0.2) is 0 Å². The van der Waals surface area contributed by atoms with E-state index < -0.39 is 5.60 Å². The second-order valence-electron chi connectivity index (χ2n) is 4.84. The number of ether oxygens (including phenoxy) is 2. The lowest BCUT2D eigenvalue weighted by Crippen LogP contribution is -2.47. The van der Waals surface area contributed by atoms with Gasteiger partial charge in [-0.2, -0.15) is 0 Å². The summed E-state index contributed by atoms with van der Waals surface area (Å²) in [4.78, 5) is 12.7. The lowest BCUT2D eigenvalue weighted by atomic mass is 9.86. The molecule has 0 unspecified atom stereocenters. The van der Waals surface area contributed by atoms with Crippen LogP contribution in [0.1, 0.15) is 25.3 Å². The first-order chi connectivity index (χ1) is 9.59. The van der Waals surface area contributed by atoms with Crippen LogP contribution in [0.2, 0.25) is 10.0 Å². The minimum Gasteiger partial charge on any atom is -0.381 e. The minimum atomic E-state index is -0.754. The van der Waals surface area contributed by atoms with Crippen LogP contribution in [0, 0.1) is 0 Å². The predicted octanol–water partition coefficient (Wildman–Crippen LogP) is 3.69. The van der Waals surface area contributed by atoms with Gasteiger partial charge in [-0.3, -0.25) is 4.79 Å². The fourth-order valence-corrected chi connectivity index (χ4v) is 3.04. The van der Waals surface area contributed by atoms with Gasteiger partial charge in [-0.15, -0.1) is 0 Å². The Balaban J connectivity index is 2.20. The molecule has 2 rings (SSSR count). The molecule has 1 aromatic carbocycles. The highest BCUT2D eigenvalue weighted by atomic mass is 35.5. The van der Waals surface area contributed by atoms with Gasteiger partial charge < -0.3 is 9.47 Å². The maximum Gasteiger partial charge on any atom is 0.169 e. The highest BCUT2D eigenvalue weighted by molar-refractivity contribution is 6.36. The molecule has 0 bridgehead atoms. The number of Topliss-reactive ketones (excluding diaryl/α,β-unsaturated/α-hetero) is 1. The molecule has 0 atom stereocenters. The lowest BCUT2D eigenvalue weighted by Gasteiger charge is -2.35. The van der Waals surface area contributed by atoms with Crippen molar-refractivity contribution in [2.45, 2.75) is 31.8 Å². The van der Waals surface area contributed by atoms with Crippen LogP contribution < -0.4 is 0 Å². The van der Waals surface area contributed by atoms with Crippen LogP contribution in [0.5, 0.6) is 0 Å². The molecule has 0 saturated carbocycles. The number of rotatable bonds is 5. The molecule has 0 aromatic heterocycles. The van der Waals surface area contributed by atoms with Crippen molar-refractivity contribution in [3.05, 3.63) is 33.8 Å². The van der Waals surface area contributed by atoms with Crippen molar-refractivity contribution in [2.75, 3.05) is 19.8 Å². The SMILES string of the molecule is CCOC1(C(=O)Cc2c(Cl)cccc2Cl)CCOCC1. The van der Waals surface area contributed by atoms with Gasteiger partial charge in [0.05, 0.1) is 0 Å². The molecule has 5 heteroatoms. The zero-order valence-corrected chi connectivity index (χ0v) is 13.0. The molecule has 0 N–H and O–H groups in total. The summed E-state index contributed by atoms with van der Waals surface area (Å²) in [6.45, 7) is 3.49. The maximum absolute atomic E-state index is 12.7. The summed E-state index contributed by atoms with van der Waals surface area (Å²) in [5, 5.41) is 1.04. The van der Waals surface area contributed by atoms with E-state index in [2.05, 4.69) is 0 Å². The summed E-state index contributed by atoms with van der Waals surface area (Å²) in [5.41, 5.74) is -0.0819. The van der Waals surface area contributed by atoms with E-state index in [4.69, 9.17) is 32.7 Å². The number of hydrogen-bond donors (Lipinski definition) is 0. The Kier molecular flexibility index (Phi) is 5.44. The van der Waals surface area contributed by atoms with Gasteiger partial charge >= 0.3 is 0 Å². The predicted molar refractivity (Wildman–Crippen MR) is 79.6 cm³/mol. The molecule has 1 aliphatic heterocycles. The molecule has 0 spiro atoms. The Hall–Kier alpha value is -0.610. The van der Waals surface area contributed by atoms with E-state index in [0.717, 1.165) is 0 Å². The maximum atomic E-state index is 12.7. The molecule has 1 aromatic rings. The number of benzene rings is 1. The number of carbonyl (C=O) groups excluding carboxylic acids is 1. The molecule has 110 valence electrons. The quantitative estimate of drug-likeness (QED) is 0.831. The molecule has 1 saturated heterocycles. The van der Waals surface area contributed by atoms with Crippen molar-refractivity contribution in [2.24, 2.45) is 0 Å². The van der Waals surface area contributed by atoms with Gasteiger partial charge in [-0.05, 0) is 24.6 Å². The molecular formula is C15H18Cl2O3. The third-order valence-corrected chi connectivity index (χ3v) is 4.34. The monoisotopic (exact) mass is 316 g/mol. The first-order valence-corrected chi connectivity index (χ1v) is 7.52. The van der Waals surface area contributed by atoms with Gasteiger partial charge in [0, 0.05) is 49.1 Å². The molecule has 20 heavy (non-hydrogen) atoms. The van der Waals surface area contributed by atoms with E-state index in [1.807, 2.05) is 6.92 Å². The van der Waals surface area contributed by atoms with E-state index in [1.54, 1.807) is 18.2 Å². The Morgan fingerprint density at radius 1 is 1.30 bits per heavy atom. The topological polar surface area (TPSA) is 35.5 Å². The van der Waals surface area contributed by atoms with E-state index in [-0.39, 0.29) is 12.2 Å². The van der Waals surface area contributed by atoms with Crippen LogP contribution in [0.15, 0.2) is 18.2 Å². The van der Waals surface area contributed by atoms with Crippen molar-refractivity contribution < 1.29 is 14.3 Å². The van der Waals surface area contributed by atoms with Gasteiger partial charge in [0.25, 0.3) is 0 Å². The van der Waals surface area contributed by atoms with Crippen LogP contribution in [0.25, 0.3) is 0 Å². The van der Waals surface area contributed by atoms with Crippen LogP contribution in [0.4, 0.5) is 0 Å². The fourth-order valence-electron chi connectivity index (χ4n) is 2.50. The number of halogens is 2. The molecule has 0 aliphatic carbocycles. The average Bonchev–Trinajstić information content (AvgIpc) is 2.44. The summed E-state index contributed by atoms with van der Waals surface area (Å²) >= 11 is 12.3. The van der Waals surface area contributed by atoms with Crippen LogP contribution in [-0.2, 0) is 20.7 Å². The van der Waals surface area contributed by atoms with Crippen molar-refractivity contribution in [3.63, 3.8) is 0 Å². The number of carbonyl (C=O) groups is 1. The third kappa shape index (κ3) is 3.34. The van der Waals surface area contributed by atoms with E-state index in [9.17, 15) is 4.79 Å². The van der Waals surface area contributed by atoms with Crippen LogP contribution in [0.3, 0.4) is 0 Å². The Bertz CT molecular complexity index is 456.